The highest BCUT2D eigenvalue weighted by Crippen LogP contribution is 2.35. The molecule has 26 heavy (non-hydrogen) atoms. The molecule has 1 atom stereocenters. The van der Waals surface area contributed by atoms with Gasteiger partial charge in [0.05, 0.1) is 0 Å². The summed E-state index contributed by atoms with van der Waals surface area (Å²) in [6.45, 7) is 1.24. The summed E-state index contributed by atoms with van der Waals surface area (Å²) in [4.78, 5) is 2.48. The number of benzene rings is 2. The molecular weight excluding hydrogens is 322 g/mol. The standard InChI is InChI=1S/C23H31NO2/c1-24(16-15-21(17-25)18-5-3-2-4-6-18)22-11-7-19(8-12-22)20-9-13-23(26)14-10-20/h2-6,9-10,13-14,19,21-22,25-26H,7-8,11-12,15-17H2,1H3/t19-,21?,22-. The molecule has 0 bridgehead atoms. The summed E-state index contributed by atoms with van der Waals surface area (Å²) >= 11 is 0. The van der Waals surface area contributed by atoms with Gasteiger partial charge in [0.1, 0.15) is 5.75 Å². The molecule has 2 N–H and O–H groups in total. The lowest BCUT2D eigenvalue weighted by Gasteiger charge is -2.35. The predicted molar refractivity (Wildman–Crippen MR) is 107 cm³/mol. The van der Waals surface area contributed by atoms with E-state index in [1.54, 1.807) is 12.1 Å². The smallest absolute Gasteiger partial charge is 0.115 e. The Labute approximate surface area is 157 Å². The van der Waals surface area contributed by atoms with Gasteiger partial charge in [-0.25, -0.2) is 0 Å². The van der Waals surface area contributed by atoms with E-state index >= 15 is 0 Å². The lowest BCUT2D eigenvalue weighted by Crippen LogP contribution is -2.36. The van der Waals surface area contributed by atoms with Crippen LogP contribution in [0, 0.1) is 0 Å². The van der Waals surface area contributed by atoms with Crippen molar-refractivity contribution in [2.75, 3.05) is 20.2 Å². The van der Waals surface area contributed by atoms with Crippen LogP contribution in [0.1, 0.15) is 55.1 Å². The molecule has 0 spiro atoms. The van der Waals surface area contributed by atoms with Gasteiger partial charge in [-0.05, 0) is 74.9 Å². The van der Waals surface area contributed by atoms with Crippen molar-refractivity contribution in [3.05, 3.63) is 65.7 Å². The summed E-state index contributed by atoms with van der Waals surface area (Å²) in [5.41, 5.74) is 2.59. The van der Waals surface area contributed by atoms with E-state index in [9.17, 15) is 10.2 Å². The van der Waals surface area contributed by atoms with Crippen LogP contribution in [0.3, 0.4) is 0 Å². The van der Waals surface area contributed by atoms with Gasteiger partial charge in [-0.3, -0.25) is 0 Å². The average molecular weight is 354 g/mol. The van der Waals surface area contributed by atoms with Gasteiger partial charge < -0.3 is 15.1 Å². The van der Waals surface area contributed by atoms with E-state index in [1.165, 1.54) is 36.8 Å². The first-order valence-electron chi connectivity index (χ1n) is 9.82. The molecule has 1 saturated carbocycles. The number of phenols is 1. The lowest BCUT2D eigenvalue weighted by molar-refractivity contribution is 0.168. The van der Waals surface area contributed by atoms with Gasteiger partial charge in [0, 0.05) is 18.6 Å². The Morgan fingerprint density at radius 2 is 1.62 bits per heavy atom. The number of nitrogens with zero attached hydrogens (tertiary/aromatic N) is 1. The van der Waals surface area contributed by atoms with Crippen molar-refractivity contribution in [1.29, 1.82) is 0 Å². The van der Waals surface area contributed by atoms with E-state index in [0.29, 0.717) is 17.7 Å². The summed E-state index contributed by atoms with van der Waals surface area (Å²) in [7, 11) is 2.23. The van der Waals surface area contributed by atoms with Crippen LogP contribution in [0.25, 0.3) is 0 Å². The van der Waals surface area contributed by atoms with E-state index in [2.05, 4.69) is 36.2 Å². The fraction of sp³-hybridized carbons (Fsp3) is 0.478. The molecule has 2 aromatic rings. The highest BCUT2D eigenvalue weighted by molar-refractivity contribution is 5.28. The summed E-state index contributed by atoms with van der Waals surface area (Å²) < 4.78 is 0. The van der Waals surface area contributed by atoms with Crippen LogP contribution < -0.4 is 0 Å². The molecule has 1 unspecified atom stereocenters. The Balaban J connectivity index is 1.47. The number of phenolic OH excluding ortho intramolecular Hbond substituents is 1. The maximum absolute atomic E-state index is 9.75. The molecule has 2 aromatic carbocycles. The topological polar surface area (TPSA) is 43.7 Å². The first-order chi connectivity index (χ1) is 12.7. The third-order valence-corrected chi connectivity index (χ3v) is 6.01. The van der Waals surface area contributed by atoms with Crippen LogP contribution >= 0.6 is 0 Å². The van der Waals surface area contributed by atoms with Gasteiger partial charge in [-0.1, -0.05) is 42.5 Å². The van der Waals surface area contributed by atoms with Crippen molar-refractivity contribution in [3.63, 3.8) is 0 Å². The lowest BCUT2D eigenvalue weighted by atomic mass is 9.81. The van der Waals surface area contributed by atoms with E-state index < -0.39 is 0 Å². The summed E-state index contributed by atoms with van der Waals surface area (Å²) in [5, 5.41) is 19.2. The highest BCUT2D eigenvalue weighted by Gasteiger charge is 2.25. The molecule has 0 amide bonds. The Morgan fingerprint density at radius 1 is 0.962 bits per heavy atom. The van der Waals surface area contributed by atoms with Crippen LogP contribution in [0.4, 0.5) is 0 Å². The van der Waals surface area contributed by atoms with Crippen LogP contribution in [0.5, 0.6) is 5.75 Å². The summed E-state index contributed by atoms with van der Waals surface area (Å²) in [6.07, 6.45) is 5.85. The minimum absolute atomic E-state index is 0.214. The fourth-order valence-electron chi connectivity index (χ4n) is 4.23. The Kier molecular flexibility index (Phi) is 6.70. The first kappa shape index (κ1) is 18.9. The van der Waals surface area contributed by atoms with Crippen molar-refractivity contribution in [3.8, 4) is 5.75 Å². The zero-order valence-electron chi connectivity index (χ0n) is 15.7. The number of aromatic hydroxyl groups is 1. The monoisotopic (exact) mass is 353 g/mol. The van der Waals surface area contributed by atoms with E-state index in [4.69, 9.17) is 0 Å². The van der Waals surface area contributed by atoms with Crippen LogP contribution in [0.2, 0.25) is 0 Å². The zero-order valence-corrected chi connectivity index (χ0v) is 15.7. The number of aliphatic hydroxyl groups is 1. The minimum Gasteiger partial charge on any atom is -0.508 e. The SMILES string of the molecule is CN(CCC(CO)c1ccccc1)[C@H]1CC[C@H](c2ccc(O)cc2)CC1. The van der Waals surface area contributed by atoms with Crippen molar-refractivity contribution in [2.45, 2.75) is 50.0 Å². The van der Waals surface area contributed by atoms with Crippen molar-refractivity contribution in [2.24, 2.45) is 0 Å². The number of rotatable bonds is 7. The normalized spacial score (nSPS) is 21.7. The van der Waals surface area contributed by atoms with Crippen LogP contribution in [-0.2, 0) is 0 Å². The van der Waals surface area contributed by atoms with E-state index in [1.807, 2.05) is 18.2 Å². The van der Waals surface area contributed by atoms with Gasteiger partial charge >= 0.3 is 0 Å². The maximum atomic E-state index is 9.75. The molecule has 1 aliphatic carbocycles. The molecule has 0 heterocycles. The molecule has 0 aromatic heterocycles. The van der Waals surface area contributed by atoms with Gasteiger partial charge in [0.25, 0.3) is 0 Å². The molecule has 3 nitrogen and oxygen atoms in total. The van der Waals surface area contributed by atoms with E-state index in [0.717, 1.165) is 13.0 Å². The quantitative estimate of drug-likeness (QED) is 0.769. The molecule has 0 radical (unpaired) electrons. The maximum Gasteiger partial charge on any atom is 0.115 e. The van der Waals surface area contributed by atoms with Crippen LogP contribution in [0.15, 0.2) is 54.6 Å². The van der Waals surface area contributed by atoms with Crippen molar-refractivity contribution >= 4 is 0 Å². The Hall–Kier alpha value is -1.84. The third kappa shape index (κ3) is 4.87. The van der Waals surface area contributed by atoms with Gasteiger partial charge in [0.2, 0.25) is 0 Å². The average Bonchev–Trinajstić information content (AvgIpc) is 2.70. The second kappa shape index (κ2) is 9.20. The molecule has 140 valence electrons. The van der Waals surface area contributed by atoms with Gasteiger partial charge in [-0.15, -0.1) is 0 Å². The minimum atomic E-state index is 0.214. The van der Waals surface area contributed by atoms with E-state index in [-0.39, 0.29) is 12.5 Å². The predicted octanol–water partition coefficient (Wildman–Crippen LogP) is 4.52. The second-order valence-electron chi connectivity index (χ2n) is 7.66. The van der Waals surface area contributed by atoms with Crippen LogP contribution in [-0.4, -0.2) is 41.4 Å². The molecule has 1 fully saturated rings. The third-order valence-electron chi connectivity index (χ3n) is 6.01. The van der Waals surface area contributed by atoms with Gasteiger partial charge in [-0.2, -0.15) is 0 Å². The number of aliphatic hydroxyl groups excluding tert-OH is 1. The summed E-state index contributed by atoms with van der Waals surface area (Å²) in [6, 6.07) is 18.7. The molecule has 3 heteroatoms. The molecule has 1 aliphatic rings. The Bertz CT molecular complexity index is 648. The summed E-state index contributed by atoms with van der Waals surface area (Å²) in [5.74, 6) is 1.20. The van der Waals surface area contributed by atoms with Crippen molar-refractivity contribution < 1.29 is 10.2 Å². The fourth-order valence-corrected chi connectivity index (χ4v) is 4.23. The first-order valence-corrected chi connectivity index (χ1v) is 9.82. The molecule has 0 aliphatic heterocycles. The van der Waals surface area contributed by atoms with Gasteiger partial charge in [0.15, 0.2) is 0 Å². The zero-order chi connectivity index (χ0) is 18.4. The Morgan fingerprint density at radius 3 is 2.23 bits per heavy atom. The number of hydrogen-bond acceptors (Lipinski definition) is 3. The largest absolute Gasteiger partial charge is 0.508 e. The second-order valence-corrected chi connectivity index (χ2v) is 7.66. The number of hydrogen-bond donors (Lipinski definition) is 2. The molecule has 0 saturated heterocycles. The van der Waals surface area contributed by atoms with Crippen molar-refractivity contribution in [1.82, 2.24) is 4.90 Å². The molecular formula is C23H31NO2. The highest BCUT2D eigenvalue weighted by atomic mass is 16.3. The molecule has 3 rings (SSSR count).